The van der Waals surface area contributed by atoms with E-state index in [-0.39, 0.29) is 46.7 Å². The number of ether oxygens (including phenoxy) is 9. The maximum atomic E-state index is 11.3. The minimum atomic E-state index is -2.92. The van der Waals surface area contributed by atoms with Crippen molar-refractivity contribution in [3.63, 3.8) is 0 Å². The normalized spacial score (nSPS) is 33.0. The lowest BCUT2D eigenvalue weighted by atomic mass is 9.85. The Morgan fingerprint density at radius 2 is 0.603 bits per heavy atom. The summed E-state index contributed by atoms with van der Waals surface area (Å²) in [4.78, 5) is 0. The van der Waals surface area contributed by atoms with Gasteiger partial charge in [0, 0.05) is 0 Å². The van der Waals surface area contributed by atoms with Crippen molar-refractivity contribution in [3.05, 3.63) is 121 Å². The zero-order valence-corrected chi connectivity index (χ0v) is 48.0. The molecule has 12 nitrogen and oxygen atoms in total. The summed E-state index contributed by atoms with van der Waals surface area (Å²) < 4.78 is 73.2. The Kier molecular flexibility index (Phi) is 14.7. The lowest BCUT2D eigenvalue weighted by Crippen LogP contribution is -2.72. The highest BCUT2D eigenvalue weighted by Gasteiger charge is 2.68. The number of aliphatic hydroxyl groups is 1. The van der Waals surface area contributed by atoms with Gasteiger partial charge in [-0.15, -0.1) is 0 Å². The number of fused-ring (bicyclic) bond motifs is 4. The summed E-state index contributed by atoms with van der Waals surface area (Å²) in [5, 5.41) is 15.6. The van der Waals surface area contributed by atoms with Crippen LogP contribution in [0.1, 0.15) is 111 Å². The molecule has 0 bridgehead atoms. The van der Waals surface area contributed by atoms with Crippen LogP contribution in [0, 0.1) is 0 Å². The molecule has 4 aromatic rings. The smallest absolute Gasteiger partial charge is 0.261 e. The summed E-state index contributed by atoms with van der Waals surface area (Å²) in [6, 6.07) is 42.4. The number of aliphatic hydroxyl groups excluding tert-OH is 1. The molecule has 4 unspecified atom stereocenters. The minimum Gasteiger partial charge on any atom is -0.399 e. The first-order valence-corrected chi connectivity index (χ1v) is 30.2. The molecule has 1 N–H and O–H groups in total. The highest BCUT2D eigenvalue weighted by molar-refractivity contribution is 7.00. The van der Waals surface area contributed by atoms with E-state index in [1.807, 2.05) is 81.4 Å². The van der Waals surface area contributed by atoms with Gasteiger partial charge in [-0.1, -0.05) is 163 Å². The Morgan fingerprint density at radius 1 is 0.384 bits per heavy atom. The monoisotopic (exact) mass is 1040 g/mol. The molecule has 0 aromatic heterocycles. The zero-order valence-electron chi connectivity index (χ0n) is 46.0. The van der Waals surface area contributed by atoms with Crippen molar-refractivity contribution in [2.75, 3.05) is 0 Å². The predicted octanol–water partition coefficient (Wildman–Crippen LogP) is 8.13. The molecule has 2 saturated carbocycles. The van der Waals surface area contributed by atoms with Crippen LogP contribution in [0.25, 0.3) is 0 Å². The molecule has 12 atom stereocenters. The maximum Gasteiger partial charge on any atom is 0.261 e. The third-order valence-corrected chi connectivity index (χ3v) is 25.2. The molecule has 14 heteroatoms. The summed E-state index contributed by atoms with van der Waals surface area (Å²) in [5.41, 5.74) is 0. The third kappa shape index (κ3) is 10.3. The van der Waals surface area contributed by atoms with Crippen LogP contribution in [-0.2, 0) is 51.5 Å². The second-order valence-electron chi connectivity index (χ2n) is 24.9. The van der Waals surface area contributed by atoms with Gasteiger partial charge in [0.15, 0.2) is 23.1 Å². The largest absolute Gasteiger partial charge is 0.399 e. The van der Waals surface area contributed by atoms with Crippen molar-refractivity contribution in [2.45, 2.75) is 223 Å². The van der Waals surface area contributed by atoms with E-state index in [2.05, 4.69) is 151 Å². The van der Waals surface area contributed by atoms with Crippen LogP contribution >= 0.6 is 0 Å². The van der Waals surface area contributed by atoms with Crippen LogP contribution in [0.5, 0.6) is 0 Å². The van der Waals surface area contributed by atoms with E-state index in [4.69, 9.17) is 51.5 Å². The topological polar surface area (TPSA) is 122 Å². The SMILES string of the molecule is CC(C)OC1[C@H]2OC(C)(C)O[C@H]2C(O[Si](c2ccccc2)(c2ccccc2)C(C)(C)C)[C@@H]2OC(C)(C)O[C@@H]12.CC1(C)O[C@@H]2C(O)[C@@H]3OC(C)(C)O[C@H]3C(O[Si](c3ccccc3)(c3ccccc3)C(C)(C)C)[C@@H]2O1. The summed E-state index contributed by atoms with van der Waals surface area (Å²) in [7, 11) is -5.84. The average Bonchev–Trinajstić information content (AvgIpc) is 4.04. The van der Waals surface area contributed by atoms with Crippen LogP contribution in [-0.4, -0.2) is 124 Å². The molecule has 4 aromatic carbocycles. The molecular formula is C59H82O12Si2. The molecular weight excluding hydrogens is 957 g/mol. The number of hydrogen-bond acceptors (Lipinski definition) is 12. The second-order valence-corrected chi connectivity index (χ2v) is 33.4. The molecule has 6 aliphatic rings. The van der Waals surface area contributed by atoms with Gasteiger partial charge in [-0.3, -0.25) is 0 Å². The zero-order chi connectivity index (χ0) is 52.7. The van der Waals surface area contributed by atoms with Gasteiger partial charge in [-0.05, 0) is 100 Å². The highest BCUT2D eigenvalue weighted by atomic mass is 28.4. The van der Waals surface area contributed by atoms with Crippen LogP contribution in [0.15, 0.2) is 121 Å². The lowest BCUT2D eigenvalue weighted by molar-refractivity contribution is -0.195. The van der Waals surface area contributed by atoms with Crippen LogP contribution in [0.4, 0.5) is 0 Å². The molecule has 0 amide bonds. The van der Waals surface area contributed by atoms with E-state index in [0.29, 0.717) is 0 Å². The standard InChI is InChI=1S/C31H44O6Si.C28H38O6Si/c1-20(2)32-23-24-26(35-30(6,7)33-24)28(27-25(23)34-31(8,9)36-27)37-38(29(3,4)5,21-16-12-10-13-17-21)22-18-14-11-15-19-22;1-26(2,3)35(18-14-10-8-11-15-18,19-16-12-9-13-17-19)34-25-23-21(30-27(4,5)32-23)20(29)22-24(25)33-28(6,7)31-22/h10-20,23-28H,1-9H3;8-17,20-25,29H,1-7H3/t23?,24-,25+,26-,27-,28?;20?,21-,22+,23-,24-,25?/m11/s1. The lowest BCUT2D eigenvalue weighted by Gasteiger charge is -2.50. The third-order valence-electron chi connectivity index (χ3n) is 15.2. The van der Waals surface area contributed by atoms with Gasteiger partial charge in [0.25, 0.3) is 16.6 Å². The Morgan fingerprint density at radius 3 is 0.836 bits per heavy atom. The average molecular weight is 1040 g/mol. The number of benzene rings is 4. The quantitative estimate of drug-likeness (QED) is 0.155. The van der Waals surface area contributed by atoms with E-state index in [0.717, 1.165) is 0 Å². The fraction of sp³-hybridized carbons (Fsp3) is 0.593. The Balaban J connectivity index is 0.000000180. The van der Waals surface area contributed by atoms with Gasteiger partial charge in [0.05, 0.1) is 6.10 Å². The van der Waals surface area contributed by atoms with E-state index in [1.165, 1.54) is 20.7 Å². The Bertz CT molecular complexity index is 2330. The van der Waals surface area contributed by atoms with Crippen molar-refractivity contribution in [3.8, 4) is 0 Å². The predicted molar refractivity (Wildman–Crippen MR) is 286 cm³/mol. The van der Waals surface area contributed by atoms with Crippen molar-refractivity contribution in [1.82, 2.24) is 0 Å². The molecule has 4 heterocycles. The van der Waals surface area contributed by atoms with Crippen LogP contribution in [0.3, 0.4) is 0 Å². The van der Waals surface area contributed by atoms with Crippen LogP contribution in [0.2, 0.25) is 10.1 Å². The summed E-state index contributed by atoms with van der Waals surface area (Å²) in [5.74, 6) is -3.26. The first-order chi connectivity index (χ1) is 34.1. The van der Waals surface area contributed by atoms with Crippen LogP contribution < -0.4 is 20.7 Å². The van der Waals surface area contributed by atoms with Gasteiger partial charge in [-0.25, -0.2) is 0 Å². The molecule has 4 saturated heterocycles. The number of hydrogen-bond donors (Lipinski definition) is 1. The molecule has 398 valence electrons. The van der Waals surface area contributed by atoms with Gasteiger partial charge in [0.2, 0.25) is 0 Å². The molecule has 4 aliphatic heterocycles. The fourth-order valence-electron chi connectivity index (χ4n) is 12.6. The molecule has 6 fully saturated rings. The molecule has 10 rings (SSSR count). The van der Waals surface area contributed by atoms with Crippen molar-refractivity contribution in [1.29, 1.82) is 0 Å². The fourth-order valence-corrected chi connectivity index (χ4v) is 22.0. The Hall–Kier alpha value is -3.17. The van der Waals surface area contributed by atoms with Crippen molar-refractivity contribution < 1.29 is 56.6 Å². The van der Waals surface area contributed by atoms with Crippen molar-refractivity contribution in [2.24, 2.45) is 0 Å². The molecule has 2 aliphatic carbocycles. The van der Waals surface area contributed by atoms with Gasteiger partial charge in [-0.2, -0.15) is 0 Å². The number of rotatable bonds is 10. The maximum absolute atomic E-state index is 11.3. The molecule has 73 heavy (non-hydrogen) atoms. The second kappa shape index (κ2) is 19.7. The Labute approximate surface area is 436 Å². The van der Waals surface area contributed by atoms with E-state index < -0.39 is 82.5 Å². The van der Waals surface area contributed by atoms with Crippen molar-refractivity contribution >= 4 is 37.4 Å². The van der Waals surface area contributed by atoms with Gasteiger partial charge >= 0.3 is 0 Å². The first kappa shape index (κ1) is 54.6. The minimum absolute atomic E-state index is 0.00456. The molecule has 0 spiro atoms. The summed E-state index contributed by atoms with van der Waals surface area (Å²) in [6.07, 6.45) is -5.77. The van der Waals surface area contributed by atoms with E-state index >= 15 is 0 Å². The summed E-state index contributed by atoms with van der Waals surface area (Å²) >= 11 is 0. The van der Waals surface area contributed by atoms with E-state index in [1.54, 1.807) is 0 Å². The van der Waals surface area contributed by atoms with E-state index in [9.17, 15) is 5.11 Å². The first-order valence-electron chi connectivity index (χ1n) is 26.4. The molecule has 0 radical (unpaired) electrons. The van der Waals surface area contributed by atoms with Gasteiger partial charge < -0.3 is 56.6 Å². The van der Waals surface area contributed by atoms with Gasteiger partial charge in [0.1, 0.15) is 73.2 Å². The highest BCUT2D eigenvalue weighted by Crippen LogP contribution is 2.51. The summed E-state index contributed by atoms with van der Waals surface area (Å²) in [6.45, 7) is 33.0.